The van der Waals surface area contributed by atoms with E-state index >= 15 is 0 Å². The number of nitrogens with one attached hydrogen (secondary N) is 1. The molecule has 0 aromatic rings. The molecule has 2 aliphatic rings. The van der Waals surface area contributed by atoms with Gasteiger partial charge in [0.2, 0.25) is 0 Å². The molecule has 0 spiro atoms. The number of hydrogen-bond acceptors (Lipinski definition) is 3. The Hall–Kier alpha value is -0.120. The number of nitrogens with zero attached hydrogens (tertiary/aromatic N) is 1. The van der Waals surface area contributed by atoms with E-state index in [4.69, 9.17) is 5.11 Å². The molecule has 0 bridgehead atoms. The van der Waals surface area contributed by atoms with Gasteiger partial charge in [0.25, 0.3) is 0 Å². The van der Waals surface area contributed by atoms with Gasteiger partial charge in [-0.2, -0.15) is 0 Å². The Morgan fingerprint density at radius 2 is 1.94 bits per heavy atom. The molecule has 1 aliphatic carbocycles. The van der Waals surface area contributed by atoms with Crippen molar-refractivity contribution in [3.05, 3.63) is 0 Å². The molecule has 1 saturated carbocycles. The molecular formula is C15H30N2O. The predicted molar refractivity (Wildman–Crippen MR) is 75.7 cm³/mol. The minimum Gasteiger partial charge on any atom is -0.396 e. The highest BCUT2D eigenvalue weighted by molar-refractivity contribution is 4.86. The zero-order valence-corrected chi connectivity index (χ0v) is 11.9. The van der Waals surface area contributed by atoms with Crippen LogP contribution in [0.3, 0.4) is 0 Å². The lowest BCUT2D eigenvalue weighted by Crippen LogP contribution is -2.52. The van der Waals surface area contributed by atoms with Crippen LogP contribution in [0.1, 0.15) is 51.9 Å². The van der Waals surface area contributed by atoms with E-state index in [1.165, 1.54) is 51.6 Å². The summed E-state index contributed by atoms with van der Waals surface area (Å²) in [6, 6.07) is 1.49. The summed E-state index contributed by atoms with van der Waals surface area (Å²) in [5.74, 6) is 0.812. The summed E-state index contributed by atoms with van der Waals surface area (Å²) in [5.41, 5.74) is 0. The second-order valence-corrected chi connectivity index (χ2v) is 6.31. The summed E-state index contributed by atoms with van der Waals surface area (Å²) >= 11 is 0. The van der Waals surface area contributed by atoms with E-state index in [1.54, 1.807) is 0 Å². The molecule has 3 nitrogen and oxygen atoms in total. The fourth-order valence-corrected chi connectivity index (χ4v) is 3.67. The van der Waals surface area contributed by atoms with Crippen LogP contribution in [0.5, 0.6) is 0 Å². The Balaban J connectivity index is 1.79. The van der Waals surface area contributed by atoms with Gasteiger partial charge in [0.15, 0.2) is 0 Å². The van der Waals surface area contributed by atoms with Crippen molar-refractivity contribution in [1.82, 2.24) is 10.2 Å². The van der Waals surface area contributed by atoms with Crippen LogP contribution in [0.4, 0.5) is 0 Å². The van der Waals surface area contributed by atoms with Gasteiger partial charge in [-0.05, 0) is 38.1 Å². The quantitative estimate of drug-likeness (QED) is 0.737. The molecule has 1 heterocycles. The van der Waals surface area contributed by atoms with E-state index in [0.29, 0.717) is 12.6 Å². The summed E-state index contributed by atoms with van der Waals surface area (Å²) in [6.07, 6.45) is 9.31. The Labute approximate surface area is 112 Å². The molecule has 106 valence electrons. The molecule has 0 radical (unpaired) electrons. The van der Waals surface area contributed by atoms with Crippen molar-refractivity contribution in [3.63, 3.8) is 0 Å². The number of hydrogen-bond donors (Lipinski definition) is 2. The normalized spacial score (nSPS) is 31.7. The highest BCUT2D eigenvalue weighted by atomic mass is 16.3. The molecule has 3 heteroatoms. The van der Waals surface area contributed by atoms with Gasteiger partial charge >= 0.3 is 0 Å². The SMILES string of the molecule is CC1CC(NCCCO)CN(C2CCCCC2)C1. The second-order valence-electron chi connectivity index (χ2n) is 6.31. The van der Waals surface area contributed by atoms with E-state index in [9.17, 15) is 0 Å². The van der Waals surface area contributed by atoms with Crippen LogP contribution in [0.2, 0.25) is 0 Å². The van der Waals surface area contributed by atoms with E-state index in [2.05, 4.69) is 17.1 Å². The van der Waals surface area contributed by atoms with Crippen LogP contribution in [-0.4, -0.2) is 48.3 Å². The molecule has 18 heavy (non-hydrogen) atoms. The molecular weight excluding hydrogens is 224 g/mol. The summed E-state index contributed by atoms with van der Waals surface area (Å²) < 4.78 is 0. The van der Waals surface area contributed by atoms with Gasteiger partial charge in [0, 0.05) is 31.8 Å². The van der Waals surface area contributed by atoms with E-state index in [1.807, 2.05) is 0 Å². The average molecular weight is 254 g/mol. The number of aliphatic hydroxyl groups excluding tert-OH is 1. The molecule has 2 rings (SSSR count). The van der Waals surface area contributed by atoms with Crippen molar-refractivity contribution in [3.8, 4) is 0 Å². The Morgan fingerprint density at radius 3 is 2.67 bits per heavy atom. The maximum absolute atomic E-state index is 8.85. The van der Waals surface area contributed by atoms with Gasteiger partial charge in [0.1, 0.15) is 0 Å². The third-order valence-corrected chi connectivity index (χ3v) is 4.55. The molecule has 1 saturated heterocycles. The molecule has 0 aromatic carbocycles. The molecule has 2 fully saturated rings. The van der Waals surface area contributed by atoms with Crippen molar-refractivity contribution in [2.75, 3.05) is 26.2 Å². The first-order valence-corrected chi connectivity index (χ1v) is 7.88. The van der Waals surface area contributed by atoms with Crippen molar-refractivity contribution < 1.29 is 5.11 Å². The van der Waals surface area contributed by atoms with Gasteiger partial charge in [0.05, 0.1) is 0 Å². The van der Waals surface area contributed by atoms with E-state index < -0.39 is 0 Å². The number of likely N-dealkylation sites (tertiary alicyclic amines) is 1. The third kappa shape index (κ3) is 4.22. The van der Waals surface area contributed by atoms with Crippen LogP contribution in [0.25, 0.3) is 0 Å². The highest BCUT2D eigenvalue weighted by Gasteiger charge is 2.29. The van der Waals surface area contributed by atoms with Crippen LogP contribution in [-0.2, 0) is 0 Å². The Bertz CT molecular complexity index is 229. The van der Waals surface area contributed by atoms with Crippen LogP contribution in [0.15, 0.2) is 0 Å². The van der Waals surface area contributed by atoms with Gasteiger partial charge in [-0.15, -0.1) is 0 Å². The van der Waals surface area contributed by atoms with Crippen molar-refractivity contribution in [1.29, 1.82) is 0 Å². The maximum Gasteiger partial charge on any atom is 0.0443 e. The Morgan fingerprint density at radius 1 is 1.17 bits per heavy atom. The number of aliphatic hydroxyl groups is 1. The van der Waals surface area contributed by atoms with Crippen molar-refractivity contribution in [2.45, 2.75) is 64.0 Å². The Kier molecular flexibility index (Phi) is 5.93. The maximum atomic E-state index is 8.85. The minimum absolute atomic E-state index is 0.307. The van der Waals surface area contributed by atoms with Crippen LogP contribution >= 0.6 is 0 Å². The fourth-order valence-electron chi connectivity index (χ4n) is 3.67. The van der Waals surface area contributed by atoms with Gasteiger partial charge in [-0.1, -0.05) is 26.2 Å². The first-order valence-electron chi connectivity index (χ1n) is 7.88. The predicted octanol–water partition coefficient (Wildman–Crippen LogP) is 2.00. The van der Waals surface area contributed by atoms with Crippen LogP contribution < -0.4 is 5.32 Å². The van der Waals surface area contributed by atoms with Crippen molar-refractivity contribution >= 4 is 0 Å². The van der Waals surface area contributed by atoms with Gasteiger partial charge in [-0.25, -0.2) is 0 Å². The number of piperidine rings is 1. The van der Waals surface area contributed by atoms with E-state index in [0.717, 1.165) is 24.9 Å². The first-order chi connectivity index (χ1) is 8.79. The highest BCUT2D eigenvalue weighted by Crippen LogP contribution is 2.27. The molecule has 1 aliphatic heterocycles. The molecule has 2 atom stereocenters. The average Bonchev–Trinajstić information content (AvgIpc) is 2.39. The lowest BCUT2D eigenvalue weighted by molar-refractivity contribution is 0.0825. The summed E-state index contributed by atoms with van der Waals surface area (Å²) in [7, 11) is 0. The lowest BCUT2D eigenvalue weighted by atomic mass is 9.89. The lowest BCUT2D eigenvalue weighted by Gasteiger charge is -2.42. The zero-order chi connectivity index (χ0) is 12.8. The standard InChI is InChI=1S/C15H30N2O/c1-13-10-14(16-8-5-9-18)12-17(11-13)15-6-3-2-4-7-15/h13-16,18H,2-12H2,1H3. The monoisotopic (exact) mass is 254 g/mol. The number of rotatable bonds is 5. The molecule has 0 aromatic heterocycles. The topological polar surface area (TPSA) is 35.5 Å². The third-order valence-electron chi connectivity index (χ3n) is 4.55. The molecule has 2 unspecified atom stereocenters. The summed E-state index contributed by atoms with van der Waals surface area (Å²) in [5, 5.41) is 12.5. The van der Waals surface area contributed by atoms with Crippen molar-refractivity contribution in [2.24, 2.45) is 5.92 Å². The summed E-state index contributed by atoms with van der Waals surface area (Å²) in [4.78, 5) is 2.74. The largest absolute Gasteiger partial charge is 0.396 e. The first kappa shape index (κ1) is 14.3. The zero-order valence-electron chi connectivity index (χ0n) is 11.9. The van der Waals surface area contributed by atoms with E-state index in [-0.39, 0.29) is 0 Å². The molecule has 0 amide bonds. The fraction of sp³-hybridized carbons (Fsp3) is 1.00. The van der Waals surface area contributed by atoms with Gasteiger partial charge < -0.3 is 10.4 Å². The smallest absolute Gasteiger partial charge is 0.0443 e. The second kappa shape index (κ2) is 7.46. The molecule has 2 N–H and O–H groups in total. The van der Waals surface area contributed by atoms with Crippen LogP contribution in [0, 0.1) is 5.92 Å². The van der Waals surface area contributed by atoms with Gasteiger partial charge in [-0.3, -0.25) is 4.90 Å². The summed E-state index contributed by atoms with van der Waals surface area (Å²) in [6.45, 7) is 6.17. The minimum atomic E-state index is 0.307.